The molecule has 11 heavy (non-hydrogen) atoms. The van der Waals surface area contributed by atoms with Crippen LogP contribution < -0.4 is 0 Å². The van der Waals surface area contributed by atoms with E-state index in [9.17, 15) is 0 Å². The molecule has 3 nitrogen and oxygen atoms in total. The molecule has 0 aromatic heterocycles. The molecule has 0 N–H and O–H groups in total. The SMILES string of the molecule is C=C1CC(=NC)N2CCCN12. The number of hydrogen-bond donors (Lipinski definition) is 0. The van der Waals surface area contributed by atoms with Crippen molar-refractivity contribution in [2.24, 2.45) is 4.99 Å². The number of rotatable bonds is 0. The van der Waals surface area contributed by atoms with E-state index in [4.69, 9.17) is 0 Å². The van der Waals surface area contributed by atoms with Crippen LogP contribution in [0.1, 0.15) is 12.8 Å². The summed E-state index contributed by atoms with van der Waals surface area (Å²) in [6, 6.07) is 0. The maximum absolute atomic E-state index is 4.22. The Morgan fingerprint density at radius 3 is 2.82 bits per heavy atom. The number of nitrogens with zero attached hydrogens (tertiary/aromatic N) is 3. The lowest BCUT2D eigenvalue weighted by Crippen LogP contribution is -2.31. The van der Waals surface area contributed by atoms with Crippen LogP contribution in [-0.4, -0.2) is 36.0 Å². The van der Waals surface area contributed by atoms with Crippen molar-refractivity contribution < 1.29 is 0 Å². The first kappa shape index (κ1) is 6.70. The van der Waals surface area contributed by atoms with Gasteiger partial charge in [-0.2, -0.15) is 0 Å². The third-order valence-corrected chi connectivity index (χ3v) is 2.31. The molecule has 0 spiro atoms. The van der Waals surface area contributed by atoms with Crippen molar-refractivity contribution in [3.05, 3.63) is 12.3 Å². The van der Waals surface area contributed by atoms with E-state index in [1.807, 2.05) is 7.05 Å². The smallest absolute Gasteiger partial charge is 0.123 e. The summed E-state index contributed by atoms with van der Waals surface area (Å²) >= 11 is 0. The summed E-state index contributed by atoms with van der Waals surface area (Å²) < 4.78 is 0. The number of hydrazine groups is 1. The molecule has 0 amide bonds. The molecule has 2 heterocycles. The maximum atomic E-state index is 4.22. The van der Waals surface area contributed by atoms with Gasteiger partial charge >= 0.3 is 0 Å². The van der Waals surface area contributed by atoms with Crippen molar-refractivity contribution in [1.29, 1.82) is 0 Å². The number of hydrogen-bond acceptors (Lipinski definition) is 2. The molecule has 2 aliphatic heterocycles. The second kappa shape index (κ2) is 2.26. The lowest BCUT2D eigenvalue weighted by Gasteiger charge is -2.22. The van der Waals surface area contributed by atoms with E-state index in [1.54, 1.807) is 0 Å². The highest BCUT2D eigenvalue weighted by Gasteiger charge is 2.32. The van der Waals surface area contributed by atoms with Gasteiger partial charge < -0.3 is 0 Å². The molecule has 3 heteroatoms. The second-order valence-electron chi connectivity index (χ2n) is 2.98. The van der Waals surface area contributed by atoms with Crippen LogP contribution >= 0.6 is 0 Å². The van der Waals surface area contributed by atoms with Gasteiger partial charge in [-0.1, -0.05) is 6.58 Å². The van der Waals surface area contributed by atoms with Gasteiger partial charge in [-0.3, -0.25) is 15.0 Å². The predicted octanol–water partition coefficient (Wildman–Crippen LogP) is 0.855. The van der Waals surface area contributed by atoms with Crippen LogP contribution in [-0.2, 0) is 0 Å². The highest BCUT2D eigenvalue weighted by atomic mass is 15.7. The molecule has 0 atom stereocenters. The molecule has 2 fully saturated rings. The van der Waals surface area contributed by atoms with Gasteiger partial charge in [-0.05, 0) is 6.42 Å². The van der Waals surface area contributed by atoms with Crippen LogP contribution in [0.3, 0.4) is 0 Å². The Labute approximate surface area is 67.0 Å². The van der Waals surface area contributed by atoms with Crippen LogP contribution in [0.2, 0.25) is 0 Å². The van der Waals surface area contributed by atoms with Gasteiger partial charge in [0.2, 0.25) is 0 Å². The zero-order valence-corrected chi connectivity index (χ0v) is 6.88. The number of fused-ring (bicyclic) bond motifs is 1. The van der Waals surface area contributed by atoms with E-state index >= 15 is 0 Å². The zero-order chi connectivity index (χ0) is 7.84. The van der Waals surface area contributed by atoms with Gasteiger partial charge in [0.05, 0.1) is 0 Å². The van der Waals surface area contributed by atoms with Crippen molar-refractivity contribution in [3.8, 4) is 0 Å². The van der Waals surface area contributed by atoms with Gasteiger partial charge in [0.1, 0.15) is 5.84 Å². The minimum atomic E-state index is 0.941. The Kier molecular flexibility index (Phi) is 1.37. The minimum absolute atomic E-state index is 0.941. The first-order chi connectivity index (χ1) is 5.33. The third-order valence-electron chi connectivity index (χ3n) is 2.31. The van der Waals surface area contributed by atoms with E-state index in [1.165, 1.54) is 18.0 Å². The normalized spacial score (nSPS) is 27.0. The number of amidine groups is 1. The fraction of sp³-hybridized carbons (Fsp3) is 0.625. The van der Waals surface area contributed by atoms with Gasteiger partial charge in [0.15, 0.2) is 0 Å². The van der Waals surface area contributed by atoms with Crippen LogP contribution in [0.15, 0.2) is 17.3 Å². The van der Waals surface area contributed by atoms with E-state index in [2.05, 4.69) is 21.6 Å². The summed E-state index contributed by atoms with van der Waals surface area (Å²) in [7, 11) is 1.85. The molecule has 0 aromatic rings. The van der Waals surface area contributed by atoms with Gasteiger partial charge in [0, 0.05) is 32.3 Å². The van der Waals surface area contributed by atoms with Gasteiger partial charge in [-0.15, -0.1) is 0 Å². The highest BCUT2D eigenvalue weighted by Crippen LogP contribution is 2.27. The molecule has 2 aliphatic rings. The molecular formula is C8H13N3. The van der Waals surface area contributed by atoms with Crippen molar-refractivity contribution in [1.82, 2.24) is 10.0 Å². The summed E-state index contributed by atoms with van der Waals surface area (Å²) in [5.41, 5.74) is 1.20. The molecule has 60 valence electrons. The predicted molar refractivity (Wildman–Crippen MR) is 45.1 cm³/mol. The van der Waals surface area contributed by atoms with Gasteiger partial charge in [0.25, 0.3) is 0 Å². The van der Waals surface area contributed by atoms with Crippen molar-refractivity contribution >= 4 is 5.84 Å². The van der Waals surface area contributed by atoms with Gasteiger partial charge in [-0.25, -0.2) is 0 Å². The van der Waals surface area contributed by atoms with E-state index in [-0.39, 0.29) is 0 Å². The molecule has 2 saturated heterocycles. The van der Waals surface area contributed by atoms with Crippen molar-refractivity contribution in [2.75, 3.05) is 20.1 Å². The number of aliphatic imine (C=N–C) groups is 1. The molecule has 0 aliphatic carbocycles. The topological polar surface area (TPSA) is 18.8 Å². The average molecular weight is 151 g/mol. The summed E-state index contributed by atoms with van der Waals surface area (Å²) in [5, 5.41) is 4.48. The summed E-state index contributed by atoms with van der Waals surface area (Å²) in [6.07, 6.45) is 2.18. The van der Waals surface area contributed by atoms with Crippen molar-refractivity contribution in [2.45, 2.75) is 12.8 Å². The van der Waals surface area contributed by atoms with Crippen molar-refractivity contribution in [3.63, 3.8) is 0 Å². The first-order valence-corrected chi connectivity index (χ1v) is 4.01. The lowest BCUT2D eigenvalue weighted by molar-refractivity contribution is 0.180. The zero-order valence-electron chi connectivity index (χ0n) is 6.88. The Hall–Kier alpha value is -0.990. The molecule has 0 bridgehead atoms. The van der Waals surface area contributed by atoms with E-state index in [0.717, 1.165) is 19.5 Å². The highest BCUT2D eigenvalue weighted by molar-refractivity contribution is 5.86. The summed E-state index contributed by atoms with van der Waals surface area (Å²) in [4.78, 5) is 4.22. The Morgan fingerprint density at radius 1 is 1.36 bits per heavy atom. The molecule has 0 unspecified atom stereocenters. The largest absolute Gasteiger partial charge is 0.288 e. The van der Waals surface area contributed by atoms with Crippen LogP contribution in [0.5, 0.6) is 0 Å². The molecule has 0 aromatic carbocycles. The third kappa shape index (κ3) is 0.836. The lowest BCUT2D eigenvalue weighted by atomic mass is 10.3. The average Bonchev–Trinajstić information content (AvgIpc) is 2.54. The van der Waals surface area contributed by atoms with Crippen LogP contribution in [0.4, 0.5) is 0 Å². The van der Waals surface area contributed by atoms with E-state index < -0.39 is 0 Å². The summed E-state index contributed by atoms with van der Waals surface area (Å²) in [5.74, 6) is 1.17. The monoisotopic (exact) mass is 151 g/mol. The molecule has 0 saturated carbocycles. The Morgan fingerprint density at radius 2 is 2.09 bits per heavy atom. The fourth-order valence-electron chi connectivity index (χ4n) is 1.77. The summed E-state index contributed by atoms with van der Waals surface area (Å²) in [6.45, 7) is 6.24. The molecule has 0 radical (unpaired) electrons. The minimum Gasteiger partial charge on any atom is -0.288 e. The molecular weight excluding hydrogens is 138 g/mol. The Balaban J connectivity index is 2.27. The second-order valence-corrected chi connectivity index (χ2v) is 2.98. The quantitative estimate of drug-likeness (QED) is 0.511. The fourth-order valence-corrected chi connectivity index (χ4v) is 1.77. The molecule has 2 rings (SSSR count). The van der Waals surface area contributed by atoms with Crippen LogP contribution in [0, 0.1) is 0 Å². The first-order valence-electron chi connectivity index (χ1n) is 4.01. The standard InChI is InChI=1S/C8H13N3/c1-7-6-8(9-2)11-5-3-4-10(7)11/h1,3-6H2,2H3. The maximum Gasteiger partial charge on any atom is 0.123 e. The van der Waals surface area contributed by atoms with E-state index in [0.29, 0.717) is 0 Å². The van der Waals surface area contributed by atoms with Crippen LogP contribution in [0.25, 0.3) is 0 Å². The Bertz CT molecular complexity index is 219.